The van der Waals surface area contributed by atoms with Crippen molar-refractivity contribution in [2.75, 3.05) is 0 Å². The van der Waals surface area contributed by atoms with E-state index in [-0.39, 0.29) is 22.7 Å². The lowest BCUT2D eigenvalue weighted by Crippen LogP contribution is -3.00. The van der Waals surface area contributed by atoms with Crippen LogP contribution in [0, 0.1) is 0 Å². The second kappa shape index (κ2) is 9.05. The maximum absolute atomic E-state index is 10.0. The molecule has 1 N–H and O–H groups in total. The van der Waals surface area contributed by atoms with E-state index in [0.717, 1.165) is 15.6 Å². The van der Waals surface area contributed by atoms with Crippen molar-refractivity contribution in [2.24, 2.45) is 0 Å². The zero-order valence-electron chi connectivity index (χ0n) is 12.4. The quantitative estimate of drug-likeness (QED) is 0.459. The molecule has 2 aromatic carbocycles. The molecule has 3 aromatic rings. The summed E-state index contributed by atoms with van der Waals surface area (Å²) in [5.74, 6) is 0.709. The van der Waals surface area contributed by atoms with Gasteiger partial charge in [0.15, 0.2) is 0 Å². The van der Waals surface area contributed by atoms with Crippen molar-refractivity contribution in [3.05, 3.63) is 81.5 Å². The molecule has 3 rings (SSSR count). The zero-order valence-corrected chi connectivity index (χ0v) is 16.4. The highest BCUT2D eigenvalue weighted by atomic mass is 79.9. The van der Waals surface area contributed by atoms with Crippen LogP contribution in [0.5, 0.6) is 0 Å². The number of rotatable bonds is 5. The van der Waals surface area contributed by atoms with Gasteiger partial charge in [0.25, 0.3) is 5.22 Å². The van der Waals surface area contributed by atoms with Crippen molar-refractivity contribution in [2.45, 2.75) is 11.6 Å². The Kier molecular flexibility index (Phi) is 7.08. The molecule has 0 aliphatic heterocycles. The Morgan fingerprint density at radius 2 is 1.79 bits per heavy atom. The van der Waals surface area contributed by atoms with Crippen LogP contribution >= 0.6 is 27.7 Å². The molecule has 0 radical (unpaired) electrons. The van der Waals surface area contributed by atoms with Crippen molar-refractivity contribution < 1.29 is 26.5 Å². The summed E-state index contributed by atoms with van der Waals surface area (Å²) in [4.78, 5) is 0. The second-order valence-corrected chi connectivity index (χ2v) is 6.49. The summed E-state index contributed by atoms with van der Waals surface area (Å²) in [5.41, 5.74) is 1.84. The molecule has 7 heteroatoms. The van der Waals surface area contributed by atoms with Crippen LogP contribution in [0.2, 0.25) is 0 Å². The van der Waals surface area contributed by atoms with E-state index >= 15 is 0 Å². The van der Waals surface area contributed by atoms with E-state index in [9.17, 15) is 5.11 Å². The summed E-state index contributed by atoms with van der Waals surface area (Å²) in [7, 11) is 0. The number of hydrogen-bond acceptors (Lipinski definition) is 5. The van der Waals surface area contributed by atoms with E-state index < -0.39 is 0 Å². The fraction of sp³-hybridized carbons (Fsp3) is 0.0588. The third kappa shape index (κ3) is 5.22. The lowest BCUT2D eigenvalue weighted by Gasteiger charge is -1.99. The fourth-order valence-electron chi connectivity index (χ4n) is 1.92. The first-order chi connectivity index (χ1) is 11.2. The second-order valence-electron chi connectivity index (χ2n) is 4.75. The molecule has 1 aromatic heterocycles. The van der Waals surface area contributed by atoms with Crippen molar-refractivity contribution in [1.29, 1.82) is 0 Å². The average molecular weight is 469 g/mol. The first-order valence-electron chi connectivity index (χ1n) is 6.89. The first-order valence-corrected chi connectivity index (χ1v) is 8.56. The van der Waals surface area contributed by atoms with Gasteiger partial charge in [-0.25, -0.2) is 0 Å². The average Bonchev–Trinajstić information content (AvgIpc) is 3.02. The van der Waals surface area contributed by atoms with Crippen LogP contribution in [0.15, 0.2) is 74.1 Å². The molecule has 124 valence electrons. The number of benzene rings is 2. The Labute approximate surface area is 162 Å². The predicted octanol–water partition coefficient (Wildman–Crippen LogP) is 2.08. The van der Waals surface area contributed by atoms with Gasteiger partial charge in [-0.2, -0.15) is 0 Å². The Morgan fingerprint density at radius 3 is 2.50 bits per heavy atom. The Bertz CT molecular complexity index is 805. The minimum absolute atomic E-state index is 0. The van der Waals surface area contributed by atoms with Gasteiger partial charge in [-0.15, -0.1) is 10.2 Å². The molecular weight excluding hydrogens is 456 g/mol. The third-order valence-electron chi connectivity index (χ3n) is 3.06. The van der Waals surface area contributed by atoms with Gasteiger partial charge in [0.05, 0.1) is 6.42 Å². The highest BCUT2D eigenvalue weighted by Gasteiger charge is 2.07. The smallest absolute Gasteiger partial charge is 0.281 e. The number of halogens is 2. The summed E-state index contributed by atoms with van der Waals surface area (Å²) in [6.45, 7) is 0. The third-order valence-corrected chi connectivity index (χ3v) is 4.29. The molecule has 0 amide bonds. The van der Waals surface area contributed by atoms with Crippen molar-refractivity contribution in [3.63, 3.8) is 0 Å². The SMILES string of the molecule is O/C(=C\Sc1nnc(Cc2ccccc2)o1)c1ccc(Br)cc1.[Br-]. The molecule has 0 aliphatic rings. The lowest BCUT2D eigenvalue weighted by molar-refractivity contribution is -0.00000614. The van der Waals surface area contributed by atoms with Crippen molar-refractivity contribution >= 4 is 33.5 Å². The van der Waals surface area contributed by atoms with Gasteiger partial charge in [-0.05, 0) is 29.5 Å². The van der Waals surface area contributed by atoms with Crippen LogP contribution in [0.3, 0.4) is 0 Å². The van der Waals surface area contributed by atoms with Crippen LogP contribution < -0.4 is 17.0 Å². The van der Waals surface area contributed by atoms with E-state index in [2.05, 4.69) is 26.1 Å². The molecule has 0 aliphatic carbocycles. The number of thioether (sulfide) groups is 1. The van der Waals surface area contributed by atoms with Gasteiger partial charge in [0.1, 0.15) is 5.76 Å². The minimum atomic E-state index is 0. The molecule has 0 fully saturated rings. The molecule has 0 bridgehead atoms. The molecule has 0 saturated carbocycles. The number of aliphatic hydroxyl groups excluding tert-OH is 1. The van der Waals surface area contributed by atoms with E-state index in [0.29, 0.717) is 17.5 Å². The molecular formula is C17H13Br2N2O2S-. The van der Waals surface area contributed by atoms with Gasteiger partial charge < -0.3 is 26.5 Å². The van der Waals surface area contributed by atoms with Crippen LogP contribution in [-0.2, 0) is 6.42 Å². The van der Waals surface area contributed by atoms with E-state index in [1.54, 1.807) is 5.41 Å². The van der Waals surface area contributed by atoms with Crippen LogP contribution in [0.4, 0.5) is 0 Å². The molecule has 4 nitrogen and oxygen atoms in total. The van der Waals surface area contributed by atoms with Gasteiger partial charge in [0.2, 0.25) is 5.89 Å². The minimum Gasteiger partial charge on any atom is -1.00 e. The largest absolute Gasteiger partial charge is 1.00 e. The normalized spacial score (nSPS) is 11.1. The van der Waals surface area contributed by atoms with Gasteiger partial charge in [0, 0.05) is 15.4 Å². The predicted molar refractivity (Wildman–Crippen MR) is 94.2 cm³/mol. The molecule has 0 spiro atoms. The standard InChI is InChI=1S/C17H13BrN2O2S.BrH/c18-14-8-6-13(7-9-14)15(21)11-23-17-20-19-16(22-17)10-12-4-2-1-3-5-12;/h1-9,11,21H,10H2;1H/p-1/b15-11-;. The number of nitrogens with zero attached hydrogens (tertiary/aromatic N) is 2. The molecule has 0 unspecified atom stereocenters. The zero-order chi connectivity index (χ0) is 16.1. The summed E-state index contributed by atoms with van der Waals surface area (Å²) >= 11 is 4.56. The molecule has 24 heavy (non-hydrogen) atoms. The fourth-order valence-corrected chi connectivity index (χ4v) is 2.77. The van der Waals surface area contributed by atoms with E-state index in [1.165, 1.54) is 11.8 Å². The maximum Gasteiger partial charge on any atom is 0.281 e. The Hall–Kier alpha value is -1.57. The highest BCUT2D eigenvalue weighted by Crippen LogP contribution is 2.24. The lowest BCUT2D eigenvalue weighted by atomic mass is 10.2. The van der Waals surface area contributed by atoms with Gasteiger partial charge >= 0.3 is 0 Å². The van der Waals surface area contributed by atoms with E-state index in [4.69, 9.17) is 4.42 Å². The summed E-state index contributed by atoms with van der Waals surface area (Å²) in [6.07, 6.45) is 0.594. The summed E-state index contributed by atoms with van der Waals surface area (Å²) < 4.78 is 6.53. The monoisotopic (exact) mass is 467 g/mol. The van der Waals surface area contributed by atoms with Gasteiger partial charge in [-0.3, -0.25) is 0 Å². The van der Waals surface area contributed by atoms with Crippen LogP contribution in [0.1, 0.15) is 17.0 Å². The first kappa shape index (κ1) is 18.8. The Morgan fingerprint density at radius 1 is 1.08 bits per heavy atom. The number of hydrogen-bond donors (Lipinski definition) is 1. The Balaban J connectivity index is 0.00000208. The summed E-state index contributed by atoms with van der Waals surface area (Å²) in [6, 6.07) is 17.3. The number of aromatic nitrogens is 2. The van der Waals surface area contributed by atoms with Crippen molar-refractivity contribution in [3.8, 4) is 0 Å². The van der Waals surface area contributed by atoms with Crippen molar-refractivity contribution in [1.82, 2.24) is 10.2 Å². The van der Waals surface area contributed by atoms with Gasteiger partial charge in [-0.1, -0.05) is 58.4 Å². The van der Waals surface area contributed by atoms with E-state index in [1.807, 2.05) is 54.6 Å². The molecule has 0 saturated heterocycles. The maximum atomic E-state index is 10.0. The van der Waals surface area contributed by atoms with Crippen LogP contribution in [0.25, 0.3) is 5.76 Å². The molecule has 1 heterocycles. The topological polar surface area (TPSA) is 59.2 Å². The number of aliphatic hydroxyl groups is 1. The summed E-state index contributed by atoms with van der Waals surface area (Å²) in [5, 5.41) is 20.0. The highest BCUT2D eigenvalue weighted by molar-refractivity contribution is 9.10. The molecule has 0 atom stereocenters. The van der Waals surface area contributed by atoms with Crippen LogP contribution in [-0.4, -0.2) is 15.3 Å².